The van der Waals surface area contributed by atoms with E-state index in [1.807, 2.05) is 6.92 Å². The van der Waals surface area contributed by atoms with E-state index in [0.717, 1.165) is 6.42 Å². The minimum atomic E-state index is -0.799. The van der Waals surface area contributed by atoms with Crippen LogP contribution in [0.15, 0.2) is 48.3 Å². The number of rotatable bonds is 11. The summed E-state index contributed by atoms with van der Waals surface area (Å²) in [7, 11) is 1.53. The van der Waals surface area contributed by atoms with Gasteiger partial charge in [0.1, 0.15) is 5.76 Å². The molecule has 1 atom stereocenters. The van der Waals surface area contributed by atoms with Gasteiger partial charge in [0.05, 0.1) is 31.4 Å². The molecule has 8 nitrogen and oxygen atoms in total. The molecule has 0 radical (unpaired) electrons. The second-order valence-corrected chi connectivity index (χ2v) is 8.39. The van der Waals surface area contributed by atoms with Crippen LogP contribution in [-0.4, -0.2) is 60.2 Å². The zero-order chi connectivity index (χ0) is 24.7. The molecule has 1 N–H and O–H groups in total. The summed E-state index contributed by atoms with van der Waals surface area (Å²) >= 11 is 0. The Morgan fingerprint density at radius 3 is 2.47 bits per heavy atom. The first-order valence-corrected chi connectivity index (χ1v) is 11.5. The van der Waals surface area contributed by atoms with Gasteiger partial charge in [-0.1, -0.05) is 19.9 Å². The van der Waals surface area contributed by atoms with Gasteiger partial charge in [0.15, 0.2) is 11.5 Å². The second-order valence-electron chi connectivity index (χ2n) is 8.39. The minimum absolute atomic E-state index is 0.0169. The predicted molar refractivity (Wildman–Crippen MR) is 128 cm³/mol. The SMILES string of the molecule is CCOc1cc(C2/C(=C(\O)c3ccncc3)C(=O)C(=O)N2CCOC)ccc1OCCC(C)C. The summed E-state index contributed by atoms with van der Waals surface area (Å²) in [4.78, 5) is 31.3. The van der Waals surface area contributed by atoms with Crippen molar-refractivity contribution in [2.75, 3.05) is 33.5 Å². The number of ketones is 1. The van der Waals surface area contributed by atoms with Crippen molar-refractivity contribution in [1.82, 2.24) is 9.88 Å². The third-order valence-electron chi connectivity index (χ3n) is 5.57. The maximum Gasteiger partial charge on any atom is 0.295 e. The fourth-order valence-electron chi connectivity index (χ4n) is 3.80. The Labute approximate surface area is 200 Å². The Balaban J connectivity index is 2.08. The third kappa shape index (κ3) is 5.56. The molecule has 1 aromatic heterocycles. The molecule has 1 saturated heterocycles. The first-order valence-electron chi connectivity index (χ1n) is 11.5. The van der Waals surface area contributed by atoms with Crippen LogP contribution < -0.4 is 9.47 Å². The van der Waals surface area contributed by atoms with Crippen molar-refractivity contribution in [3.8, 4) is 11.5 Å². The van der Waals surface area contributed by atoms with Crippen molar-refractivity contribution in [1.29, 1.82) is 0 Å². The molecule has 0 aliphatic carbocycles. The maximum absolute atomic E-state index is 13.0. The van der Waals surface area contributed by atoms with Gasteiger partial charge in [0.2, 0.25) is 0 Å². The van der Waals surface area contributed by atoms with Crippen molar-refractivity contribution in [3.05, 3.63) is 59.4 Å². The number of benzene rings is 1. The lowest BCUT2D eigenvalue weighted by Gasteiger charge is -2.26. The van der Waals surface area contributed by atoms with E-state index in [-0.39, 0.29) is 24.5 Å². The molecule has 3 rings (SSSR count). The second kappa shape index (κ2) is 11.7. The van der Waals surface area contributed by atoms with E-state index < -0.39 is 17.7 Å². The summed E-state index contributed by atoms with van der Waals surface area (Å²) in [5.41, 5.74) is 1.05. The van der Waals surface area contributed by atoms with E-state index in [4.69, 9.17) is 14.2 Å². The fraction of sp³-hybridized carbons (Fsp3) is 0.423. The van der Waals surface area contributed by atoms with Gasteiger partial charge in [-0.2, -0.15) is 0 Å². The summed E-state index contributed by atoms with van der Waals surface area (Å²) in [6, 6.07) is 7.72. The van der Waals surface area contributed by atoms with Gasteiger partial charge in [-0.05, 0) is 49.1 Å². The number of hydrogen-bond acceptors (Lipinski definition) is 7. The molecule has 182 valence electrons. The number of pyridine rings is 1. The molecule has 1 aliphatic rings. The molecule has 1 amide bonds. The van der Waals surface area contributed by atoms with Gasteiger partial charge in [-0.15, -0.1) is 0 Å². The first-order chi connectivity index (χ1) is 16.4. The molecular weight excluding hydrogens is 436 g/mol. The molecule has 1 aliphatic heterocycles. The number of methoxy groups -OCH3 is 1. The van der Waals surface area contributed by atoms with Gasteiger partial charge < -0.3 is 24.2 Å². The summed E-state index contributed by atoms with van der Waals surface area (Å²) < 4.78 is 16.9. The van der Waals surface area contributed by atoms with Crippen molar-refractivity contribution >= 4 is 17.4 Å². The molecule has 34 heavy (non-hydrogen) atoms. The largest absolute Gasteiger partial charge is 0.507 e. The van der Waals surface area contributed by atoms with Crippen LogP contribution in [0.5, 0.6) is 11.5 Å². The van der Waals surface area contributed by atoms with E-state index >= 15 is 0 Å². The fourth-order valence-corrected chi connectivity index (χ4v) is 3.80. The first kappa shape index (κ1) is 25.2. The van der Waals surface area contributed by atoms with E-state index in [9.17, 15) is 14.7 Å². The van der Waals surface area contributed by atoms with Gasteiger partial charge >= 0.3 is 0 Å². The average Bonchev–Trinajstić information content (AvgIpc) is 3.08. The van der Waals surface area contributed by atoms with Gasteiger partial charge in [-0.3, -0.25) is 14.6 Å². The molecule has 0 spiro atoms. The van der Waals surface area contributed by atoms with Crippen LogP contribution in [-0.2, 0) is 14.3 Å². The number of amides is 1. The van der Waals surface area contributed by atoms with E-state index in [0.29, 0.717) is 41.8 Å². The number of carbonyl (C=O) groups excluding carboxylic acids is 2. The molecule has 2 heterocycles. The Morgan fingerprint density at radius 1 is 1.09 bits per heavy atom. The summed E-state index contributed by atoms with van der Waals surface area (Å²) in [6.45, 7) is 7.53. The highest BCUT2D eigenvalue weighted by atomic mass is 16.5. The zero-order valence-electron chi connectivity index (χ0n) is 20.1. The smallest absolute Gasteiger partial charge is 0.295 e. The monoisotopic (exact) mass is 468 g/mol. The highest BCUT2D eigenvalue weighted by Gasteiger charge is 2.46. The Kier molecular flexibility index (Phi) is 8.65. The molecule has 0 bridgehead atoms. The van der Waals surface area contributed by atoms with Crippen LogP contribution in [0.2, 0.25) is 0 Å². The summed E-state index contributed by atoms with van der Waals surface area (Å²) in [6.07, 6.45) is 3.93. The molecule has 2 aromatic rings. The number of aromatic nitrogens is 1. The Morgan fingerprint density at radius 2 is 1.82 bits per heavy atom. The van der Waals surface area contributed by atoms with Crippen LogP contribution in [0.25, 0.3) is 5.76 Å². The van der Waals surface area contributed by atoms with Crippen molar-refractivity contribution < 1.29 is 28.9 Å². The Bertz CT molecular complexity index is 1030. The zero-order valence-corrected chi connectivity index (χ0v) is 20.1. The van der Waals surface area contributed by atoms with Crippen LogP contribution in [0.4, 0.5) is 0 Å². The number of Topliss-reactive ketones (excluding diaryl/α,β-unsaturated/α-hetero) is 1. The van der Waals surface area contributed by atoms with Crippen molar-refractivity contribution in [2.24, 2.45) is 5.92 Å². The summed E-state index contributed by atoms with van der Waals surface area (Å²) in [5, 5.41) is 11.0. The van der Waals surface area contributed by atoms with Crippen LogP contribution in [0.1, 0.15) is 44.4 Å². The number of hydrogen-bond donors (Lipinski definition) is 1. The lowest BCUT2D eigenvalue weighted by atomic mass is 9.95. The number of nitrogens with zero attached hydrogens (tertiary/aromatic N) is 2. The minimum Gasteiger partial charge on any atom is -0.507 e. The molecule has 1 aromatic carbocycles. The highest BCUT2D eigenvalue weighted by molar-refractivity contribution is 6.46. The van der Waals surface area contributed by atoms with Gasteiger partial charge in [-0.25, -0.2) is 0 Å². The van der Waals surface area contributed by atoms with Gasteiger partial charge in [0.25, 0.3) is 11.7 Å². The quantitative estimate of drug-likeness (QED) is 0.303. The number of ether oxygens (including phenoxy) is 3. The maximum atomic E-state index is 13.0. The molecule has 0 saturated carbocycles. The normalized spacial score (nSPS) is 17.4. The molecule has 1 unspecified atom stereocenters. The molecule has 1 fully saturated rings. The lowest BCUT2D eigenvalue weighted by Crippen LogP contribution is -2.32. The van der Waals surface area contributed by atoms with Gasteiger partial charge in [0, 0.05) is 31.6 Å². The van der Waals surface area contributed by atoms with E-state index in [1.165, 1.54) is 24.4 Å². The standard InChI is InChI=1S/C26H32N2O6/c1-5-33-21-16-19(6-7-20(21)34-14-10-17(2)3)23-22(24(29)18-8-11-27-12-9-18)25(30)26(31)28(23)13-15-32-4/h6-9,11-12,16-17,23,29H,5,10,13-15H2,1-4H3/b24-22+. The third-order valence-corrected chi connectivity index (χ3v) is 5.57. The molecular formula is C26H32N2O6. The number of aliphatic hydroxyl groups is 1. The van der Waals surface area contributed by atoms with Crippen molar-refractivity contribution in [2.45, 2.75) is 33.2 Å². The van der Waals surface area contributed by atoms with Crippen molar-refractivity contribution in [3.63, 3.8) is 0 Å². The number of aliphatic hydroxyl groups excluding tert-OH is 1. The van der Waals surface area contributed by atoms with Crippen LogP contribution in [0.3, 0.4) is 0 Å². The number of likely N-dealkylation sites (tertiary alicyclic amines) is 1. The van der Waals surface area contributed by atoms with E-state index in [2.05, 4.69) is 18.8 Å². The lowest BCUT2D eigenvalue weighted by molar-refractivity contribution is -0.140. The van der Waals surface area contributed by atoms with E-state index in [1.54, 1.807) is 30.3 Å². The molecule has 8 heteroatoms. The Hall–Kier alpha value is -3.39. The van der Waals surface area contributed by atoms with Crippen LogP contribution >= 0.6 is 0 Å². The average molecular weight is 469 g/mol. The topological polar surface area (TPSA) is 98.2 Å². The van der Waals surface area contributed by atoms with Crippen LogP contribution in [0, 0.1) is 5.92 Å². The number of carbonyl (C=O) groups is 2. The predicted octanol–water partition coefficient (Wildman–Crippen LogP) is 3.97. The summed E-state index contributed by atoms with van der Waals surface area (Å²) in [5.74, 6) is -0.0675. The highest BCUT2D eigenvalue weighted by Crippen LogP contribution is 2.42.